The summed E-state index contributed by atoms with van der Waals surface area (Å²) in [5.41, 5.74) is 5.10. The molecule has 0 saturated carbocycles. The van der Waals surface area contributed by atoms with Crippen molar-refractivity contribution in [3.8, 4) is 0 Å². The van der Waals surface area contributed by atoms with Crippen molar-refractivity contribution in [1.29, 1.82) is 0 Å². The van der Waals surface area contributed by atoms with Gasteiger partial charge in [-0.25, -0.2) is 4.79 Å². The molecule has 1 aliphatic heterocycles. The number of hydrogen-bond acceptors (Lipinski definition) is 3. The number of quaternary nitrogens is 1. The van der Waals surface area contributed by atoms with Crippen molar-refractivity contribution < 1.29 is 14.1 Å². The van der Waals surface area contributed by atoms with Crippen LogP contribution < -0.4 is 5.73 Å². The van der Waals surface area contributed by atoms with Crippen LogP contribution in [0.25, 0.3) is 0 Å². The molecular formula is C11H20N3O2+. The Labute approximate surface area is 96.1 Å². The first kappa shape index (κ1) is 12.9. The zero-order valence-electron chi connectivity index (χ0n) is 9.82. The highest BCUT2D eigenvalue weighted by atomic mass is 16.2. The Morgan fingerprint density at radius 3 is 2.44 bits per heavy atom. The van der Waals surface area contributed by atoms with Crippen molar-refractivity contribution in [1.82, 2.24) is 4.90 Å². The Balaban J connectivity index is 2.41. The van der Waals surface area contributed by atoms with Gasteiger partial charge in [0.25, 0.3) is 0 Å². The van der Waals surface area contributed by atoms with E-state index in [1.807, 2.05) is 7.05 Å². The molecule has 1 rings (SSSR count). The third-order valence-corrected chi connectivity index (χ3v) is 3.20. The van der Waals surface area contributed by atoms with E-state index in [2.05, 4.69) is 11.5 Å². The van der Waals surface area contributed by atoms with E-state index in [4.69, 9.17) is 5.73 Å². The molecule has 5 heteroatoms. The van der Waals surface area contributed by atoms with Gasteiger partial charge in [-0.1, -0.05) is 6.58 Å². The number of nitrogens with zero attached hydrogens (tertiary/aromatic N) is 2. The van der Waals surface area contributed by atoms with Crippen LogP contribution >= 0.6 is 0 Å². The standard InChI is InChI=1S/C11H19N3O2/c1-3-11(16)14(2)8-6-13(7-9-14)5-4-10(12)15/h3H,1,4-9H2,2H3,(H-,12,15)/p+1. The topological polar surface area (TPSA) is 63.4 Å². The number of primary amides is 1. The van der Waals surface area contributed by atoms with Crippen LogP contribution in [0.2, 0.25) is 0 Å². The van der Waals surface area contributed by atoms with Gasteiger partial charge in [0.05, 0.1) is 20.1 Å². The highest BCUT2D eigenvalue weighted by Gasteiger charge is 2.33. The Bertz CT molecular complexity index is 294. The molecule has 0 spiro atoms. The number of piperazine rings is 1. The Kier molecular flexibility index (Phi) is 4.20. The van der Waals surface area contributed by atoms with Gasteiger partial charge >= 0.3 is 5.91 Å². The van der Waals surface area contributed by atoms with Crippen LogP contribution in [0.5, 0.6) is 0 Å². The van der Waals surface area contributed by atoms with Gasteiger partial charge in [-0.15, -0.1) is 0 Å². The van der Waals surface area contributed by atoms with E-state index in [-0.39, 0.29) is 11.8 Å². The third kappa shape index (κ3) is 3.15. The minimum absolute atomic E-state index is 0.0644. The van der Waals surface area contributed by atoms with Gasteiger partial charge in [-0.05, 0) is 0 Å². The third-order valence-electron chi connectivity index (χ3n) is 3.20. The lowest BCUT2D eigenvalue weighted by Gasteiger charge is -2.39. The van der Waals surface area contributed by atoms with Crippen molar-refractivity contribution >= 4 is 11.8 Å². The second-order valence-electron chi connectivity index (χ2n) is 4.44. The fourth-order valence-corrected chi connectivity index (χ4v) is 1.88. The minimum Gasteiger partial charge on any atom is -0.370 e. The van der Waals surface area contributed by atoms with E-state index in [1.54, 1.807) is 0 Å². The molecule has 1 aliphatic rings. The second kappa shape index (κ2) is 5.23. The molecule has 0 aliphatic carbocycles. The molecule has 0 aromatic heterocycles. The molecule has 0 atom stereocenters. The molecule has 0 radical (unpaired) electrons. The molecule has 16 heavy (non-hydrogen) atoms. The van der Waals surface area contributed by atoms with Crippen LogP contribution in [0.15, 0.2) is 12.7 Å². The molecule has 2 N–H and O–H groups in total. The maximum atomic E-state index is 11.6. The fraction of sp³-hybridized carbons (Fsp3) is 0.636. The highest BCUT2D eigenvalue weighted by molar-refractivity contribution is 5.80. The summed E-state index contributed by atoms with van der Waals surface area (Å²) in [6, 6.07) is 0. The number of amides is 2. The van der Waals surface area contributed by atoms with E-state index in [0.717, 1.165) is 26.2 Å². The number of likely N-dealkylation sites (N-methyl/N-ethyl adjacent to an activating group) is 1. The van der Waals surface area contributed by atoms with Crippen LogP contribution in [-0.4, -0.2) is 61.0 Å². The van der Waals surface area contributed by atoms with E-state index in [9.17, 15) is 9.59 Å². The molecule has 2 amide bonds. The zero-order chi connectivity index (χ0) is 12.2. The molecule has 90 valence electrons. The lowest BCUT2D eigenvalue weighted by atomic mass is 10.2. The summed E-state index contributed by atoms with van der Waals surface area (Å²) in [6.07, 6.45) is 1.78. The van der Waals surface area contributed by atoms with Gasteiger partial charge in [0.15, 0.2) is 0 Å². The van der Waals surface area contributed by atoms with E-state index >= 15 is 0 Å². The second-order valence-corrected chi connectivity index (χ2v) is 4.44. The summed E-state index contributed by atoms with van der Waals surface area (Å²) < 4.78 is 0.413. The van der Waals surface area contributed by atoms with Crippen molar-refractivity contribution in [2.75, 3.05) is 39.8 Å². The number of hydrogen-bond donors (Lipinski definition) is 1. The molecule has 0 unspecified atom stereocenters. The van der Waals surface area contributed by atoms with Crippen LogP contribution in [0, 0.1) is 0 Å². The van der Waals surface area contributed by atoms with Crippen LogP contribution in [0.3, 0.4) is 0 Å². The zero-order valence-corrected chi connectivity index (χ0v) is 9.82. The summed E-state index contributed by atoms with van der Waals surface area (Å²) >= 11 is 0. The molecule has 0 bridgehead atoms. The van der Waals surface area contributed by atoms with E-state index in [0.29, 0.717) is 17.4 Å². The minimum atomic E-state index is -0.273. The van der Waals surface area contributed by atoms with Crippen molar-refractivity contribution in [3.05, 3.63) is 12.7 Å². The summed E-state index contributed by atoms with van der Waals surface area (Å²) in [4.78, 5) is 24.4. The number of rotatable bonds is 4. The summed E-state index contributed by atoms with van der Waals surface area (Å²) in [6.45, 7) is 7.39. The van der Waals surface area contributed by atoms with Crippen LogP contribution in [0.1, 0.15) is 6.42 Å². The van der Waals surface area contributed by atoms with Gasteiger partial charge in [-0.3, -0.25) is 14.2 Å². The maximum Gasteiger partial charge on any atom is 0.337 e. The van der Waals surface area contributed by atoms with E-state index < -0.39 is 0 Å². The molecule has 0 aromatic rings. The maximum absolute atomic E-state index is 11.6. The van der Waals surface area contributed by atoms with Crippen molar-refractivity contribution in [2.24, 2.45) is 5.73 Å². The first-order valence-corrected chi connectivity index (χ1v) is 5.50. The predicted octanol–water partition coefficient (Wildman–Crippen LogP) is -0.663. The quantitative estimate of drug-likeness (QED) is 0.511. The Morgan fingerprint density at radius 2 is 2.00 bits per heavy atom. The Morgan fingerprint density at radius 1 is 1.44 bits per heavy atom. The largest absolute Gasteiger partial charge is 0.370 e. The van der Waals surface area contributed by atoms with Gasteiger partial charge in [0.2, 0.25) is 5.91 Å². The number of nitrogens with two attached hydrogens (primary N) is 1. The van der Waals surface area contributed by atoms with Gasteiger partial charge in [0.1, 0.15) is 0 Å². The van der Waals surface area contributed by atoms with Crippen molar-refractivity contribution in [2.45, 2.75) is 6.42 Å². The van der Waals surface area contributed by atoms with Crippen LogP contribution in [-0.2, 0) is 9.59 Å². The smallest absolute Gasteiger partial charge is 0.337 e. The van der Waals surface area contributed by atoms with Gasteiger partial charge in [-0.2, -0.15) is 0 Å². The first-order chi connectivity index (χ1) is 7.48. The van der Waals surface area contributed by atoms with Crippen LogP contribution in [0.4, 0.5) is 0 Å². The Hall–Kier alpha value is -1.20. The summed E-state index contributed by atoms with van der Waals surface area (Å²) in [5, 5.41) is 0. The molecular weight excluding hydrogens is 206 g/mol. The normalized spacial score (nSPS) is 20.3. The van der Waals surface area contributed by atoms with Gasteiger partial charge < -0.3 is 5.73 Å². The lowest BCUT2D eigenvalue weighted by Crippen LogP contribution is -2.59. The van der Waals surface area contributed by atoms with E-state index in [1.165, 1.54) is 6.08 Å². The molecule has 1 fully saturated rings. The number of carbonyl (C=O) groups excluding carboxylic acids is 2. The first-order valence-electron chi connectivity index (χ1n) is 5.50. The average molecular weight is 226 g/mol. The SMILES string of the molecule is C=CC(=O)[N+]1(C)CCN(CCC(N)=O)CC1. The molecule has 5 nitrogen and oxygen atoms in total. The number of carbonyl (C=O) groups is 2. The summed E-state index contributed by atoms with van der Waals surface area (Å²) in [5.74, 6) is -0.209. The average Bonchev–Trinajstić information content (AvgIpc) is 2.27. The lowest BCUT2D eigenvalue weighted by molar-refractivity contribution is -0.837. The van der Waals surface area contributed by atoms with Gasteiger partial charge in [0, 0.05) is 32.1 Å². The molecule has 1 saturated heterocycles. The van der Waals surface area contributed by atoms with Crippen molar-refractivity contribution in [3.63, 3.8) is 0 Å². The monoisotopic (exact) mass is 226 g/mol. The summed E-state index contributed by atoms with van der Waals surface area (Å²) in [7, 11) is 1.93. The highest BCUT2D eigenvalue weighted by Crippen LogP contribution is 2.11. The molecule has 1 heterocycles. The molecule has 0 aromatic carbocycles. The fourth-order valence-electron chi connectivity index (χ4n) is 1.88. The predicted molar refractivity (Wildman–Crippen MR) is 61.4 cm³/mol.